The van der Waals surface area contributed by atoms with Crippen LogP contribution in [0, 0.1) is 0 Å². The molecule has 4 heterocycles. The first-order valence-electron chi connectivity index (χ1n) is 14.2. The quantitative estimate of drug-likeness (QED) is 0.116. The molecule has 0 aliphatic carbocycles. The summed E-state index contributed by atoms with van der Waals surface area (Å²) < 4.78 is 40.2. The predicted molar refractivity (Wildman–Crippen MR) is 177 cm³/mol. The van der Waals surface area contributed by atoms with Gasteiger partial charge >= 0.3 is 6.09 Å². The zero-order valence-corrected chi connectivity index (χ0v) is 27.0. The van der Waals surface area contributed by atoms with Gasteiger partial charge in [0, 0.05) is 29.9 Å². The van der Waals surface area contributed by atoms with E-state index in [-0.39, 0.29) is 41.1 Å². The van der Waals surface area contributed by atoms with Gasteiger partial charge in [-0.25, -0.2) is 22.2 Å². The van der Waals surface area contributed by atoms with E-state index in [1.165, 1.54) is 12.4 Å². The molecule has 6 aromatic rings. The third kappa shape index (κ3) is 7.38. The van der Waals surface area contributed by atoms with Gasteiger partial charge in [0.25, 0.3) is 0 Å². The smallest absolute Gasteiger partial charge is 0.404 e. The molecule has 15 heteroatoms. The number of benzene rings is 2. The van der Waals surface area contributed by atoms with Gasteiger partial charge in [-0.2, -0.15) is 4.98 Å². The van der Waals surface area contributed by atoms with Crippen LogP contribution >= 0.6 is 23.2 Å². The number of amides is 1. The van der Waals surface area contributed by atoms with Crippen molar-refractivity contribution in [3.63, 3.8) is 0 Å². The Bertz CT molecular complexity index is 2220. The SMILES string of the molecule is C[C@@H](COc1cncc(CNC(=O)O)c1)Oc1cnc2ccc(-c3cn(S(=O)(=O)Cc4ccccc4)c4nc(Cl)nc(Cl)c34)cc2c1. The zero-order valence-electron chi connectivity index (χ0n) is 24.7. The summed E-state index contributed by atoms with van der Waals surface area (Å²) in [5.74, 6) is 0.703. The molecule has 0 aliphatic heterocycles. The third-order valence-corrected chi connectivity index (χ3v) is 9.06. The fourth-order valence-corrected chi connectivity index (χ4v) is 6.85. The molecule has 240 valence electrons. The predicted octanol–water partition coefficient (Wildman–Crippen LogP) is 6.34. The summed E-state index contributed by atoms with van der Waals surface area (Å²) in [6.45, 7) is 2.13. The van der Waals surface area contributed by atoms with Crippen molar-refractivity contribution in [3.8, 4) is 22.6 Å². The van der Waals surface area contributed by atoms with Crippen LogP contribution in [0.1, 0.15) is 18.1 Å². The van der Waals surface area contributed by atoms with Crippen molar-refractivity contribution in [3.05, 3.63) is 107 Å². The fraction of sp³-hybridized carbons (Fsp3) is 0.156. The minimum absolute atomic E-state index is 0.0201. The van der Waals surface area contributed by atoms with Crippen LogP contribution in [-0.4, -0.2) is 56.2 Å². The van der Waals surface area contributed by atoms with Gasteiger partial charge in [-0.05, 0) is 59.5 Å². The molecular formula is C32H26Cl2N6O6S. The molecule has 0 radical (unpaired) electrons. The minimum Gasteiger partial charge on any atom is -0.488 e. The number of hydrogen-bond acceptors (Lipinski definition) is 9. The molecule has 0 unspecified atom stereocenters. The van der Waals surface area contributed by atoms with Crippen LogP contribution in [-0.2, 0) is 22.3 Å². The van der Waals surface area contributed by atoms with Gasteiger partial charge in [0.2, 0.25) is 15.3 Å². The Morgan fingerprint density at radius 2 is 1.81 bits per heavy atom. The van der Waals surface area contributed by atoms with Crippen LogP contribution < -0.4 is 14.8 Å². The lowest BCUT2D eigenvalue weighted by molar-refractivity contribution is 0.142. The molecule has 1 atom stereocenters. The van der Waals surface area contributed by atoms with Gasteiger partial charge in [-0.15, -0.1) is 0 Å². The second-order valence-corrected chi connectivity index (χ2v) is 13.1. The maximum absolute atomic E-state index is 13.6. The average molecular weight is 694 g/mol. The van der Waals surface area contributed by atoms with Crippen LogP contribution in [0.25, 0.3) is 33.1 Å². The van der Waals surface area contributed by atoms with Gasteiger partial charge in [0.15, 0.2) is 5.65 Å². The maximum Gasteiger partial charge on any atom is 0.404 e. The van der Waals surface area contributed by atoms with Crippen LogP contribution in [0.4, 0.5) is 4.79 Å². The number of nitrogens with zero attached hydrogens (tertiary/aromatic N) is 5. The van der Waals surface area contributed by atoms with E-state index < -0.39 is 16.1 Å². The van der Waals surface area contributed by atoms with E-state index >= 15 is 0 Å². The first-order chi connectivity index (χ1) is 22.6. The fourth-order valence-electron chi connectivity index (χ4n) is 4.96. The number of nitrogens with one attached hydrogen (secondary N) is 1. The van der Waals surface area contributed by atoms with Crippen molar-refractivity contribution in [1.29, 1.82) is 0 Å². The maximum atomic E-state index is 13.6. The summed E-state index contributed by atoms with van der Waals surface area (Å²) in [6, 6.07) is 17.8. The van der Waals surface area contributed by atoms with E-state index in [1.54, 1.807) is 42.7 Å². The number of ether oxygens (including phenoxy) is 2. The van der Waals surface area contributed by atoms with Gasteiger partial charge < -0.3 is 19.9 Å². The summed E-state index contributed by atoms with van der Waals surface area (Å²) in [5.41, 5.74) is 3.19. The van der Waals surface area contributed by atoms with Crippen LogP contribution in [0.15, 0.2) is 85.5 Å². The Balaban J connectivity index is 1.26. The van der Waals surface area contributed by atoms with Crippen LogP contribution in [0.3, 0.4) is 0 Å². The molecule has 2 N–H and O–H groups in total. The first-order valence-corrected chi connectivity index (χ1v) is 16.5. The molecule has 0 bridgehead atoms. The highest BCUT2D eigenvalue weighted by Crippen LogP contribution is 2.37. The number of aromatic nitrogens is 5. The van der Waals surface area contributed by atoms with Gasteiger partial charge in [0.05, 0.1) is 29.0 Å². The van der Waals surface area contributed by atoms with Gasteiger partial charge in [-0.1, -0.05) is 48.0 Å². The Labute approximate surface area is 279 Å². The van der Waals surface area contributed by atoms with Crippen LogP contribution in [0.5, 0.6) is 11.5 Å². The highest BCUT2D eigenvalue weighted by molar-refractivity contribution is 7.89. The molecule has 6 rings (SSSR count). The molecule has 0 saturated carbocycles. The van der Waals surface area contributed by atoms with Crippen molar-refractivity contribution >= 4 is 61.3 Å². The first kappa shape index (κ1) is 32.0. The van der Waals surface area contributed by atoms with Crippen molar-refractivity contribution in [1.82, 2.24) is 29.2 Å². The Kier molecular flexibility index (Phi) is 9.12. The molecule has 0 saturated heterocycles. The number of fused-ring (bicyclic) bond motifs is 2. The number of pyridine rings is 2. The summed E-state index contributed by atoms with van der Waals surface area (Å²) in [7, 11) is -3.92. The summed E-state index contributed by atoms with van der Waals surface area (Å²) in [6.07, 6.45) is 4.66. The van der Waals surface area contributed by atoms with Crippen molar-refractivity contribution in [2.75, 3.05) is 6.61 Å². The molecule has 47 heavy (non-hydrogen) atoms. The molecule has 0 fully saturated rings. The van der Waals surface area contributed by atoms with Gasteiger partial charge in [-0.3, -0.25) is 9.97 Å². The number of rotatable bonds is 11. The lowest BCUT2D eigenvalue weighted by Crippen LogP contribution is -2.22. The second kappa shape index (κ2) is 13.4. The van der Waals surface area contributed by atoms with E-state index in [1.807, 2.05) is 37.3 Å². The molecule has 0 spiro atoms. The van der Waals surface area contributed by atoms with E-state index in [9.17, 15) is 13.2 Å². The van der Waals surface area contributed by atoms with E-state index in [2.05, 4.69) is 25.3 Å². The molecule has 1 amide bonds. The van der Waals surface area contributed by atoms with Crippen molar-refractivity contribution in [2.24, 2.45) is 0 Å². The molecule has 2 aromatic carbocycles. The summed E-state index contributed by atoms with van der Waals surface area (Å²) in [4.78, 5) is 27.7. The Morgan fingerprint density at radius 3 is 2.60 bits per heavy atom. The number of hydrogen-bond donors (Lipinski definition) is 2. The summed E-state index contributed by atoms with van der Waals surface area (Å²) >= 11 is 12.6. The largest absolute Gasteiger partial charge is 0.488 e. The monoisotopic (exact) mass is 692 g/mol. The molecule has 12 nitrogen and oxygen atoms in total. The second-order valence-electron chi connectivity index (χ2n) is 10.6. The normalized spacial score (nSPS) is 12.2. The molecular weight excluding hydrogens is 667 g/mol. The van der Waals surface area contributed by atoms with E-state index in [4.69, 9.17) is 37.8 Å². The average Bonchev–Trinajstić information content (AvgIpc) is 3.44. The van der Waals surface area contributed by atoms with E-state index in [0.29, 0.717) is 44.7 Å². The lowest BCUT2D eigenvalue weighted by atomic mass is 10.0. The van der Waals surface area contributed by atoms with Crippen molar-refractivity contribution < 1.29 is 27.8 Å². The standard InChI is InChI=1S/C32H26Cl2N6O6S/c1-19(17-45-24-9-21(12-35-14-24)13-37-32(41)42)46-25-11-23-10-22(7-8-27(23)36-15-25)26-16-40(30-28(26)29(33)38-31(34)39-30)47(43,44)18-20-5-3-2-4-6-20/h2-12,14-16,19,37H,13,17-18H2,1H3,(H,41,42)/t19-/m0/s1. The number of halogens is 2. The highest BCUT2D eigenvalue weighted by Gasteiger charge is 2.24. The lowest BCUT2D eigenvalue weighted by Gasteiger charge is -2.16. The number of carboxylic acid groups (broad SMARTS) is 1. The minimum atomic E-state index is -3.92. The van der Waals surface area contributed by atoms with E-state index in [0.717, 1.165) is 9.36 Å². The Morgan fingerprint density at radius 1 is 1.00 bits per heavy atom. The highest BCUT2D eigenvalue weighted by atomic mass is 35.5. The number of carbonyl (C=O) groups is 1. The summed E-state index contributed by atoms with van der Waals surface area (Å²) in [5, 5.41) is 12.0. The topological polar surface area (TPSA) is 158 Å². The third-order valence-electron chi connectivity index (χ3n) is 7.04. The molecule has 0 aliphatic rings. The zero-order chi connectivity index (χ0) is 33.1. The molecule has 4 aromatic heterocycles. The Hall–Kier alpha value is -4.98. The van der Waals surface area contributed by atoms with Crippen molar-refractivity contribution in [2.45, 2.75) is 25.3 Å². The van der Waals surface area contributed by atoms with Crippen LogP contribution in [0.2, 0.25) is 10.4 Å². The van der Waals surface area contributed by atoms with Gasteiger partial charge in [0.1, 0.15) is 29.4 Å².